The van der Waals surface area contributed by atoms with Crippen molar-refractivity contribution in [1.82, 2.24) is 9.80 Å². The number of likely N-dealkylation sites (N-methyl/N-ethyl adjacent to an activating group) is 1. The molecule has 1 saturated heterocycles. The highest BCUT2D eigenvalue weighted by molar-refractivity contribution is 7.98. The number of piperidine rings is 1. The van der Waals surface area contributed by atoms with E-state index >= 15 is 0 Å². The van der Waals surface area contributed by atoms with Gasteiger partial charge in [0.25, 0.3) is 0 Å². The van der Waals surface area contributed by atoms with Gasteiger partial charge in [-0.05, 0) is 64.4 Å². The molecule has 17 heavy (non-hydrogen) atoms. The van der Waals surface area contributed by atoms with Crippen molar-refractivity contribution in [3.8, 4) is 0 Å². The molecule has 1 heterocycles. The van der Waals surface area contributed by atoms with Crippen LogP contribution in [0.15, 0.2) is 0 Å². The maximum Gasteiger partial charge on any atom is 0.0223 e. The monoisotopic (exact) mass is 259 g/mol. The van der Waals surface area contributed by atoms with Crippen LogP contribution in [0.1, 0.15) is 19.3 Å². The molecule has 1 aliphatic heterocycles. The number of rotatable bonds is 7. The van der Waals surface area contributed by atoms with Crippen LogP contribution < -0.4 is 5.73 Å². The largest absolute Gasteiger partial charge is 0.329 e. The van der Waals surface area contributed by atoms with Crippen LogP contribution in [0.4, 0.5) is 0 Å². The molecule has 0 radical (unpaired) electrons. The maximum absolute atomic E-state index is 5.88. The molecule has 0 aromatic heterocycles. The summed E-state index contributed by atoms with van der Waals surface area (Å²) in [7, 11) is 4.47. The van der Waals surface area contributed by atoms with Crippen LogP contribution in [-0.4, -0.2) is 68.1 Å². The molecule has 0 amide bonds. The van der Waals surface area contributed by atoms with Crippen LogP contribution in [0.2, 0.25) is 0 Å². The second-order valence-corrected chi connectivity index (χ2v) is 6.34. The van der Waals surface area contributed by atoms with Gasteiger partial charge in [0.15, 0.2) is 0 Å². The maximum atomic E-state index is 5.88. The lowest BCUT2D eigenvalue weighted by atomic mass is 9.96. The lowest BCUT2D eigenvalue weighted by Gasteiger charge is -2.34. The molecule has 4 heteroatoms. The summed E-state index contributed by atoms with van der Waals surface area (Å²) in [5.41, 5.74) is 5.88. The second-order valence-electron chi connectivity index (χ2n) is 5.36. The smallest absolute Gasteiger partial charge is 0.0223 e. The zero-order chi connectivity index (χ0) is 12.7. The molecule has 0 bridgehead atoms. The van der Waals surface area contributed by atoms with Gasteiger partial charge in [-0.1, -0.05) is 0 Å². The predicted octanol–water partition coefficient (Wildman–Crippen LogP) is 1.34. The third-order valence-electron chi connectivity index (χ3n) is 3.93. The highest BCUT2D eigenvalue weighted by atomic mass is 32.2. The van der Waals surface area contributed by atoms with Crippen molar-refractivity contribution >= 4 is 11.8 Å². The first kappa shape index (κ1) is 15.3. The molecule has 0 aliphatic carbocycles. The van der Waals surface area contributed by atoms with E-state index in [2.05, 4.69) is 30.2 Å². The van der Waals surface area contributed by atoms with Gasteiger partial charge >= 0.3 is 0 Å². The van der Waals surface area contributed by atoms with Crippen molar-refractivity contribution in [1.29, 1.82) is 0 Å². The Morgan fingerprint density at radius 3 is 2.59 bits per heavy atom. The molecule has 2 N–H and O–H groups in total. The van der Waals surface area contributed by atoms with Crippen molar-refractivity contribution in [3.05, 3.63) is 0 Å². The summed E-state index contributed by atoms with van der Waals surface area (Å²) in [5.74, 6) is 2.10. The molecule has 0 aromatic rings. The van der Waals surface area contributed by atoms with Crippen LogP contribution in [-0.2, 0) is 0 Å². The van der Waals surface area contributed by atoms with Gasteiger partial charge in [-0.2, -0.15) is 11.8 Å². The highest BCUT2D eigenvalue weighted by Crippen LogP contribution is 2.18. The molecular weight excluding hydrogens is 230 g/mol. The first-order valence-electron chi connectivity index (χ1n) is 6.75. The van der Waals surface area contributed by atoms with Gasteiger partial charge in [0.05, 0.1) is 0 Å². The summed E-state index contributed by atoms with van der Waals surface area (Å²) in [4.78, 5) is 4.93. The summed E-state index contributed by atoms with van der Waals surface area (Å²) >= 11 is 1.92. The van der Waals surface area contributed by atoms with E-state index in [4.69, 9.17) is 5.73 Å². The average Bonchev–Trinajstić information content (AvgIpc) is 2.33. The second kappa shape index (κ2) is 8.35. The number of hydrogen-bond donors (Lipinski definition) is 1. The molecule has 0 saturated carbocycles. The van der Waals surface area contributed by atoms with Crippen molar-refractivity contribution in [2.24, 2.45) is 11.7 Å². The number of hydrogen-bond acceptors (Lipinski definition) is 4. The van der Waals surface area contributed by atoms with Gasteiger partial charge in [0, 0.05) is 19.1 Å². The minimum absolute atomic E-state index is 0.571. The molecule has 1 unspecified atom stereocenters. The molecular formula is C13H29N3S. The molecule has 3 nitrogen and oxygen atoms in total. The number of nitrogens with two attached hydrogens (primary N) is 1. The van der Waals surface area contributed by atoms with E-state index in [9.17, 15) is 0 Å². The fourth-order valence-electron chi connectivity index (χ4n) is 2.57. The van der Waals surface area contributed by atoms with Crippen LogP contribution in [0, 0.1) is 5.92 Å². The SMILES string of the molecule is CSCCC(CN)N(C)CC1CCN(C)CC1. The summed E-state index contributed by atoms with van der Waals surface area (Å²) in [5, 5.41) is 0. The zero-order valence-corrected chi connectivity index (χ0v) is 12.5. The normalized spacial score (nSPS) is 21.0. The lowest BCUT2D eigenvalue weighted by Crippen LogP contribution is -2.43. The third kappa shape index (κ3) is 5.60. The Labute approximate surface area is 111 Å². The van der Waals surface area contributed by atoms with Crippen molar-refractivity contribution in [3.63, 3.8) is 0 Å². The Kier molecular flexibility index (Phi) is 7.51. The first-order chi connectivity index (χ1) is 8.17. The topological polar surface area (TPSA) is 32.5 Å². The van der Waals surface area contributed by atoms with E-state index in [1.165, 1.54) is 44.6 Å². The fraction of sp³-hybridized carbons (Fsp3) is 1.00. The molecule has 1 rings (SSSR count). The van der Waals surface area contributed by atoms with E-state index in [0.29, 0.717) is 6.04 Å². The van der Waals surface area contributed by atoms with Gasteiger partial charge in [0.2, 0.25) is 0 Å². The molecule has 0 aromatic carbocycles. The third-order valence-corrected chi connectivity index (χ3v) is 4.58. The standard InChI is InChI=1S/C13H29N3S/c1-15-7-4-12(5-8-15)11-16(2)13(10-14)6-9-17-3/h12-13H,4-11,14H2,1-3H3. The summed E-state index contributed by atoms with van der Waals surface area (Å²) in [6, 6.07) is 0.571. The zero-order valence-electron chi connectivity index (χ0n) is 11.7. The molecule has 102 valence electrons. The predicted molar refractivity (Wildman–Crippen MR) is 78.7 cm³/mol. The van der Waals surface area contributed by atoms with E-state index in [1.807, 2.05) is 11.8 Å². The summed E-state index contributed by atoms with van der Waals surface area (Å²) in [6.45, 7) is 4.54. The Morgan fingerprint density at radius 1 is 1.41 bits per heavy atom. The van der Waals surface area contributed by atoms with Crippen molar-refractivity contribution < 1.29 is 0 Å². The van der Waals surface area contributed by atoms with E-state index in [-0.39, 0.29) is 0 Å². The number of likely N-dealkylation sites (tertiary alicyclic amines) is 1. The van der Waals surface area contributed by atoms with E-state index < -0.39 is 0 Å². The van der Waals surface area contributed by atoms with Gasteiger partial charge in [-0.25, -0.2) is 0 Å². The van der Waals surface area contributed by atoms with Crippen LogP contribution in [0.3, 0.4) is 0 Å². The Bertz CT molecular complexity index is 193. The minimum Gasteiger partial charge on any atom is -0.329 e. The number of nitrogens with zero attached hydrogens (tertiary/aromatic N) is 2. The van der Waals surface area contributed by atoms with E-state index in [0.717, 1.165) is 12.5 Å². The quantitative estimate of drug-likeness (QED) is 0.748. The van der Waals surface area contributed by atoms with Gasteiger partial charge in [-0.15, -0.1) is 0 Å². The summed E-state index contributed by atoms with van der Waals surface area (Å²) < 4.78 is 0. The Balaban J connectivity index is 2.28. The molecule has 0 spiro atoms. The fourth-order valence-corrected chi connectivity index (χ4v) is 3.08. The number of thioether (sulfide) groups is 1. The van der Waals surface area contributed by atoms with Crippen LogP contribution >= 0.6 is 11.8 Å². The Morgan fingerprint density at radius 2 is 2.06 bits per heavy atom. The minimum atomic E-state index is 0.571. The highest BCUT2D eigenvalue weighted by Gasteiger charge is 2.21. The Hall–Kier alpha value is 0.230. The van der Waals surface area contributed by atoms with Gasteiger partial charge in [0.1, 0.15) is 0 Å². The molecule has 1 aliphatic rings. The van der Waals surface area contributed by atoms with Crippen molar-refractivity contribution in [2.45, 2.75) is 25.3 Å². The molecule has 1 fully saturated rings. The van der Waals surface area contributed by atoms with Gasteiger partial charge < -0.3 is 15.5 Å². The van der Waals surface area contributed by atoms with Gasteiger partial charge in [-0.3, -0.25) is 0 Å². The van der Waals surface area contributed by atoms with Crippen molar-refractivity contribution in [2.75, 3.05) is 52.3 Å². The first-order valence-corrected chi connectivity index (χ1v) is 8.14. The summed E-state index contributed by atoms with van der Waals surface area (Å²) in [6.07, 6.45) is 6.09. The van der Waals surface area contributed by atoms with Crippen LogP contribution in [0.25, 0.3) is 0 Å². The molecule has 1 atom stereocenters. The van der Waals surface area contributed by atoms with E-state index in [1.54, 1.807) is 0 Å². The van der Waals surface area contributed by atoms with Crippen LogP contribution in [0.5, 0.6) is 0 Å². The lowest BCUT2D eigenvalue weighted by molar-refractivity contribution is 0.150. The average molecular weight is 259 g/mol.